The Kier molecular flexibility index (Phi) is 6.88. The van der Waals surface area contributed by atoms with Gasteiger partial charge in [0.05, 0.1) is 12.0 Å². The van der Waals surface area contributed by atoms with Crippen LogP contribution in [0.2, 0.25) is 0 Å². The van der Waals surface area contributed by atoms with Crippen molar-refractivity contribution in [2.75, 3.05) is 6.61 Å². The molecule has 3 fully saturated rings. The summed E-state index contributed by atoms with van der Waals surface area (Å²) in [5.74, 6) is 1.05. The molecule has 0 aromatic heterocycles. The summed E-state index contributed by atoms with van der Waals surface area (Å²) in [4.78, 5) is 25.1. The molecular weight excluding hydrogens is 440 g/mol. The van der Waals surface area contributed by atoms with E-state index in [2.05, 4.69) is 47.6 Å². The Hall–Kier alpha value is -1.20. The predicted molar refractivity (Wildman–Crippen MR) is 137 cm³/mol. The number of carbonyl (C=O) groups excluding carboxylic acids is 1. The van der Waals surface area contributed by atoms with Crippen molar-refractivity contribution in [2.24, 2.45) is 51.2 Å². The van der Waals surface area contributed by atoms with Crippen molar-refractivity contribution >= 4 is 11.8 Å². The number of ether oxygens (including phenoxy) is 1. The van der Waals surface area contributed by atoms with Crippen molar-refractivity contribution in [2.45, 2.75) is 106 Å². The van der Waals surface area contributed by atoms with Crippen LogP contribution in [0.4, 0.5) is 0 Å². The first-order valence-electron chi connectivity index (χ1n) is 13.9. The van der Waals surface area contributed by atoms with Gasteiger partial charge in [0.1, 0.15) is 5.78 Å². The molecule has 3 aliphatic carbocycles. The lowest BCUT2D eigenvalue weighted by molar-refractivity contribution is -0.163. The van der Waals surface area contributed by atoms with Gasteiger partial charge in [-0.25, -0.2) is 0 Å². The van der Waals surface area contributed by atoms with Crippen molar-refractivity contribution in [3.05, 3.63) is 11.6 Å². The molecule has 0 unspecified atom stereocenters. The van der Waals surface area contributed by atoms with Gasteiger partial charge in [-0.05, 0) is 84.9 Å². The Morgan fingerprint density at radius 3 is 2.40 bits per heavy atom. The zero-order valence-electron chi connectivity index (χ0n) is 23.0. The summed E-state index contributed by atoms with van der Waals surface area (Å²) in [6.07, 6.45) is 8.39. The van der Waals surface area contributed by atoms with Gasteiger partial charge in [-0.1, -0.05) is 53.2 Å². The van der Waals surface area contributed by atoms with E-state index in [9.17, 15) is 19.8 Å². The first-order chi connectivity index (χ1) is 16.2. The Morgan fingerprint density at radius 2 is 1.77 bits per heavy atom. The van der Waals surface area contributed by atoms with Crippen LogP contribution in [0.15, 0.2) is 11.6 Å². The van der Waals surface area contributed by atoms with Gasteiger partial charge in [-0.2, -0.15) is 0 Å². The fourth-order valence-electron chi connectivity index (χ4n) is 9.43. The van der Waals surface area contributed by atoms with Gasteiger partial charge >= 0.3 is 5.97 Å². The number of allylic oxidation sites excluding steroid dienone is 2. The number of carboxylic acid groups (broad SMARTS) is 1. The van der Waals surface area contributed by atoms with Gasteiger partial charge in [0.2, 0.25) is 0 Å². The third-order valence-electron chi connectivity index (χ3n) is 11.5. The summed E-state index contributed by atoms with van der Waals surface area (Å²) in [6, 6.07) is 0. The summed E-state index contributed by atoms with van der Waals surface area (Å²) in [5, 5.41) is 20.9. The summed E-state index contributed by atoms with van der Waals surface area (Å²) in [7, 11) is 0. The average molecular weight is 489 g/mol. The molecule has 1 saturated heterocycles. The highest BCUT2D eigenvalue weighted by Crippen LogP contribution is 2.72. The van der Waals surface area contributed by atoms with Crippen LogP contribution < -0.4 is 0 Å². The minimum absolute atomic E-state index is 0.0433. The maximum absolute atomic E-state index is 12.7. The number of aliphatic hydroxyl groups is 1. The van der Waals surface area contributed by atoms with E-state index in [-0.39, 0.29) is 34.7 Å². The normalized spacial score (nSPS) is 46.1. The average Bonchev–Trinajstić information content (AvgIpc) is 2.96. The third kappa shape index (κ3) is 4.04. The van der Waals surface area contributed by atoms with Crippen molar-refractivity contribution < 1.29 is 24.5 Å². The van der Waals surface area contributed by atoms with Crippen LogP contribution in [0, 0.1) is 51.2 Å². The van der Waals surface area contributed by atoms with Crippen LogP contribution in [0.25, 0.3) is 0 Å². The third-order valence-corrected chi connectivity index (χ3v) is 11.5. The number of fused-ring (bicyclic) bond motifs is 5. The van der Waals surface area contributed by atoms with Crippen LogP contribution in [-0.2, 0) is 14.3 Å². The Balaban J connectivity index is 1.67. The summed E-state index contributed by atoms with van der Waals surface area (Å²) < 4.78 is 5.68. The summed E-state index contributed by atoms with van der Waals surface area (Å²) in [5.41, 5.74) is 0.330. The van der Waals surface area contributed by atoms with Crippen molar-refractivity contribution in [3.63, 3.8) is 0 Å². The van der Waals surface area contributed by atoms with E-state index in [1.54, 1.807) is 0 Å². The maximum atomic E-state index is 12.7. The molecule has 0 amide bonds. The monoisotopic (exact) mass is 488 g/mol. The van der Waals surface area contributed by atoms with E-state index < -0.39 is 17.7 Å². The molecule has 2 saturated carbocycles. The number of carbonyl (C=O) groups is 2. The summed E-state index contributed by atoms with van der Waals surface area (Å²) in [6.45, 7) is 15.5. The Morgan fingerprint density at radius 1 is 1.09 bits per heavy atom. The lowest BCUT2D eigenvalue weighted by Crippen LogP contribution is -2.55. The molecule has 0 radical (unpaired) electrons. The highest BCUT2D eigenvalue weighted by atomic mass is 16.6. The van der Waals surface area contributed by atoms with E-state index in [0.717, 1.165) is 32.1 Å². The van der Waals surface area contributed by atoms with Crippen LogP contribution in [0.5, 0.6) is 0 Å². The molecule has 9 atom stereocenters. The van der Waals surface area contributed by atoms with E-state index in [0.29, 0.717) is 42.8 Å². The number of carboxylic acids is 1. The van der Waals surface area contributed by atoms with Crippen LogP contribution in [-0.4, -0.2) is 34.9 Å². The van der Waals surface area contributed by atoms with E-state index in [1.165, 1.54) is 5.57 Å². The molecule has 5 nitrogen and oxygen atoms in total. The molecule has 0 spiro atoms. The lowest BCUT2D eigenvalue weighted by atomic mass is 9.43. The minimum Gasteiger partial charge on any atom is -0.481 e. The second-order valence-electron chi connectivity index (χ2n) is 14.0. The lowest BCUT2D eigenvalue weighted by Gasteiger charge is -2.61. The molecule has 1 aliphatic heterocycles. The second kappa shape index (κ2) is 8.97. The number of ketones is 1. The number of hydrogen-bond donors (Lipinski definition) is 2. The minimum atomic E-state index is -1.01. The topological polar surface area (TPSA) is 83.8 Å². The SMILES string of the molecule is CC(C)CC(=O)C[C@H](C)[C@@H]1CC[C@]2(C)C3=CC[C@@H]4[C@](C)(C[C@H](O)OC[C@]4(C)C(=O)O)[C@H]3CC[C@@]12C. The van der Waals surface area contributed by atoms with Gasteiger partial charge in [0.25, 0.3) is 0 Å². The van der Waals surface area contributed by atoms with Gasteiger partial charge in [0, 0.05) is 19.3 Å². The van der Waals surface area contributed by atoms with E-state index in [4.69, 9.17) is 4.74 Å². The largest absolute Gasteiger partial charge is 0.481 e. The highest BCUT2D eigenvalue weighted by Gasteiger charge is 2.66. The standard InChI is InChI=1S/C30H48O5/c1-18(2)14-20(31)15-19(3)21-10-12-30(7)23-8-9-24-27(4,22(23)11-13-29(21,30)6)16-25(32)35-17-28(24,5)26(33)34/h8,18-19,21-22,24-25,32H,9-17H2,1-7H3,(H,33,34)/t19-,21-,22-,24+,25+,27+,28-,29-,30+/m0/s1. The molecule has 0 aromatic carbocycles. The second-order valence-corrected chi connectivity index (χ2v) is 14.0. The Labute approximate surface area is 212 Å². The molecule has 198 valence electrons. The smallest absolute Gasteiger partial charge is 0.312 e. The van der Waals surface area contributed by atoms with Crippen LogP contribution >= 0.6 is 0 Å². The number of rotatable bonds is 6. The summed E-state index contributed by atoms with van der Waals surface area (Å²) >= 11 is 0. The molecule has 4 rings (SSSR count). The molecule has 4 aliphatic rings. The predicted octanol–water partition coefficient (Wildman–Crippen LogP) is 6.24. The number of Topliss-reactive ketones (excluding diaryl/α,β-unsaturated/α-hetero) is 1. The molecule has 0 aromatic rings. The van der Waals surface area contributed by atoms with Crippen molar-refractivity contribution in [1.82, 2.24) is 0 Å². The molecule has 5 heteroatoms. The number of hydrogen-bond acceptors (Lipinski definition) is 4. The molecule has 2 N–H and O–H groups in total. The van der Waals surface area contributed by atoms with Crippen LogP contribution in [0.1, 0.15) is 99.8 Å². The fourth-order valence-corrected chi connectivity index (χ4v) is 9.43. The number of aliphatic hydroxyl groups excluding tert-OH is 1. The Bertz CT molecular complexity index is 893. The molecule has 0 bridgehead atoms. The highest BCUT2D eigenvalue weighted by molar-refractivity contribution is 5.78. The number of aliphatic carboxylic acids is 1. The van der Waals surface area contributed by atoms with Gasteiger partial charge < -0.3 is 14.9 Å². The van der Waals surface area contributed by atoms with Gasteiger partial charge in [0.15, 0.2) is 6.29 Å². The quantitative estimate of drug-likeness (QED) is 0.432. The first kappa shape index (κ1) is 26.9. The van der Waals surface area contributed by atoms with Gasteiger partial charge in [-0.15, -0.1) is 0 Å². The first-order valence-corrected chi connectivity index (χ1v) is 13.9. The molecular formula is C30H48O5. The maximum Gasteiger partial charge on any atom is 0.312 e. The molecule has 35 heavy (non-hydrogen) atoms. The van der Waals surface area contributed by atoms with E-state index >= 15 is 0 Å². The van der Waals surface area contributed by atoms with Crippen molar-refractivity contribution in [1.29, 1.82) is 0 Å². The van der Waals surface area contributed by atoms with Gasteiger partial charge in [-0.3, -0.25) is 9.59 Å². The van der Waals surface area contributed by atoms with Crippen molar-refractivity contribution in [3.8, 4) is 0 Å². The zero-order valence-corrected chi connectivity index (χ0v) is 23.0. The van der Waals surface area contributed by atoms with Crippen LogP contribution in [0.3, 0.4) is 0 Å². The zero-order chi connectivity index (χ0) is 26.0. The molecule has 1 heterocycles. The fraction of sp³-hybridized carbons (Fsp3) is 0.867. The van der Waals surface area contributed by atoms with E-state index in [1.807, 2.05) is 6.92 Å².